The number of unbranched alkanes of at least 4 members (excludes halogenated alkanes) is 3. The number of aliphatic hydroxyl groups is 3. The molecule has 4 nitrogen and oxygen atoms in total. The maximum absolute atomic E-state index is 8.75. The van der Waals surface area contributed by atoms with Crippen molar-refractivity contribution in [2.75, 3.05) is 33.5 Å². The molecule has 1 unspecified atom stereocenters. The Balaban J connectivity index is -0.000000230. The zero-order chi connectivity index (χ0) is 16.1. The van der Waals surface area contributed by atoms with Crippen molar-refractivity contribution in [1.82, 2.24) is 0 Å². The Labute approximate surface area is 126 Å². The molecular weight excluding hydrogens is 256 g/mol. The van der Waals surface area contributed by atoms with Crippen molar-refractivity contribution in [3.8, 4) is 0 Å². The van der Waals surface area contributed by atoms with Gasteiger partial charge in [-0.2, -0.15) is 0 Å². The Hall–Kier alpha value is -0.160. The summed E-state index contributed by atoms with van der Waals surface area (Å²) < 4.78 is 4.44. The highest BCUT2D eigenvalue weighted by atomic mass is 16.5. The predicted molar refractivity (Wildman–Crippen MR) is 86.0 cm³/mol. The molecule has 0 amide bonds. The van der Waals surface area contributed by atoms with E-state index in [-0.39, 0.29) is 6.61 Å². The average Bonchev–Trinajstić information content (AvgIpc) is 2.48. The van der Waals surface area contributed by atoms with Crippen LogP contribution in [0.2, 0.25) is 0 Å². The van der Waals surface area contributed by atoms with E-state index in [4.69, 9.17) is 15.3 Å². The largest absolute Gasteiger partial charge is 0.396 e. The van der Waals surface area contributed by atoms with Crippen molar-refractivity contribution in [2.45, 2.75) is 65.7 Å². The van der Waals surface area contributed by atoms with Crippen molar-refractivity contribution in [2.24, 2.45) is 5.92 Å². The molecule has 0 aromatic carbocycles. The number of aliphatic hydroxyl groups excluding tert-OH is 3. The molecule has 0 aromatic rings. The molecule has 0 fully saturated rings. The Kier molecular flexibility index (Phi) is 33.8. The van der Waals surface area contributed by atoms with Gasteiger partial charge in [0, 0.05) is 20.3 Å². The third kappa shape index (κ3) is 30.7. The molecule has 0 saturated carbocycles. The molecule has 0 aromatic heterocycles. The van der Waals surface area contributed by atoms with Crippen LogP contribution in [0.25, 0.3) is 0 Å². The first-order chi connectivity index (χ1) is 9.67. The van der Waals surface area contributed by atoms with Crippen molar-refractivity contribution < 1.29 is 20.1 Å². The number of rotatable bonds is 10. The fourth-order valence-corrected chi connectivity index (χ4v) is 1.37. The summed E-state index contributed by atoms with van der Waals surface area (Å²) in [6, 6.07) is 0. The summed E-state index contributed by atoms with van der Waals surface area (Å²) in [4.78, 5) is 0. The molecule has 0 rings (SSSR count). The molecule has 3 N–H and O–H groups in total. The van der Waals surface area contributed by atoms with E-state index in [1.807, 2.05) is 0 Å². The molecule has 0 spiro atoms. The summed E-state index contributed by atoms with van der Waals surface area (Å²) in [5.74, 6) is 0.560. The van der Waals surface area contributed by atoms with Crippen LogP contribution >= 0.6 is 0 Å². The van der Waals surface area contributed by atoms with Crippen LogP contribution in [0, 0.1) is 5.92 Å². The third-order valence-corrected chi connectivity index (χ3v) is 2.86. The van der Waals surface area contributed by atoms with Gasteiger partial charge in [0.25, 0.3) is 0 Å². The topological polar surface area (TPSA) is 69.9 Å². The fourth-order valence-electron chi connectivity index (χ4n) is 1.37. The summed E-state index contributed by atoms with van der Waals surface area (Å²) >= 11 is 0. The Morgan fingerprint density at radius 3 is 1.65 bits per heavy atom. The highest BCUT2D eigenvalue weighted by molar-refractivity contribution is 4.53. The van der Waals surface area contributed by atoms with Crippen LogP contribution < -0.4 is 0 Å². The van der Waals surface area contributed by atoms with Gasteiger partial charge in [0.15, 0.2) is 0 Å². The second-order valence-electron chi connectivity index (χ2n) is 4.75. The van der Waals surface area contributed by atoms with Gasteiger partial charge in [0.2, 0.25) is 0 Å². The van der Waals surface area contributed by atoms with Crippen LogP contribution in [0.15, 0.2) is 0 Å². The molecule has 0 bridgehead atoms. The average molecular weight is 294 g/mol. The Bertz CT molecular complexity index is 122. The zero-order valence-corrected chi connectivity index (χ0v) is 14.1. The van der Waals surface area contributed by atoms with Crippen molar-refractivity contribution in [3.63, 3.8) is 0 Å². The van der Waals surface area contributed by atoms with E-state index in [2.05, 4.69) is 25.5 Å². The molecule has 1 atom stereocenters. The van der Waals surface area contributed by atoms with Gasteiger partial charge in [-0.1, -0.05) is 52.9 Å². The Morgan fingerprint density at radius 1 is 0.850 bits per heavy atom. The third-order valence-electron chi connectivity index (χ3n) is 2.86. The van der Waals surface area contributed by atoms with E-state index >= 15 is 0 Å². The molecule has 126 valence electrons. The predicted octanol–water partition coefficient (Wildman–Crippen LogP) is 2.99. The van der Waals surface area contributed by atoms with Gasteiger partial charge < -0.3 is 20.1 Å². The van der Waals surface area contributed by atoms with Crippen LogP contribution in [0.3, 0.4) is 0 Å². The van der Waals surface area contributed by atoms with Gasteiger partial charge in [-0.15, -0.1) is 0 Å². The smallest absolute Gasteiger partial charge is 0.0693 e. The molecule has 0 radical (unpaired) electrons. The van der Waals surface area contributed by atoms with Crippen LogP contribution in [0.1, 0.15) is 65.7 Å². The van der Waals surface area contributed by atoms with Crippen LogP contribution in [0.5, 0.6) is 0 Å². The minimum Gasteiger partial charge on any atom is -0.396 e. The number of methoxy groups -OCH3 is 1. The number of hydrogen-bond donors (Lipinski definition) is 3. The maximum atomic E-state index is 8.75. The lowest BCUT2D eigenvalue weighted by Crippen LogP contribution is -2.03. The SMILES string of the molecule is CCCCC(CC)CO.CCCCCO.COCCO. The summed E-state index contributed by atoms with van der Waals surface area (Å²) in [6.45, 7) is 7.73. The first-order valence-electron chi connectivity index (χ1n) is 7.99. The molecular formula is C16H38O4. The van der Waals surface area contributed by atoms with Crippen LogP contribution in [0.4, 0.5) is 0 Å². The van der Waals surface area contributed by atoms with E-state index in [0.717, 1.165) is 19.3 Å². The number of ether oxygens (including phenoxy) is 1. The lowest BCUT2D eigenvalue weighted by Gasteiger charge is -2.08. The zero-order valence-electron chi connectivity index (χ0n) is 14.1. The van der Waals surface area contributed by atoms with E-state index in [0.29, 0.717) is 25.7 Å². The van der Waals surface area contributed by atoms with Gasteiger partial charge in [0.05, 0.1) is 13.2 Å². The van der Waals surface area contributed by atoms with E-state index < -0.39 is 0 Å². The van der Waals surface area contributed by atoms with Crippen LogP contribution in [-0.4, -0.2) is 48.9 Å². The normalized spacial score (nSPS) is 10.9. The highest BCUT2D eigenvalue weighted by Gasteiger charge is 2.01. The lowest BCUT2D eigenvalue weighted by atomic mass is 10.0. The number of hydrogen-bond acceptors (Lipinski definition) is 4. The van der Waals surface area contributed by atoms with Gasteiger partial charge in [0.1, 0.15) is 0 Å². The van der Waals surface area contributed by atoms with Crippen LogP contribution in [-0.2, 0) is 4.74 Å². The second-order valence-corrected chi connectivity index (χ2v) is 4.75. The van der Waals surface area contributed by atoms with Gasteiger partial charge in [-0.25, -0.2) is 0 Å². The monoisotopic (exact) mass is 294 g/mol. The van der Waals surface area contributed by atoms with Crippen molar-refractivity contribution in [1.29, 1.82) is 0 Å². The summed E-state index contributed by atoms with van der Waals surface area (Å²) in [7, 11) is 1.55. The molecule has 0 aliphatic carbocycles. The molecule has 0 saturated heterocycles. The Morgan fingerprint density at radius 2 is 1.45 bits per heavy atom. The van der Waals surface area contributed by atoms with E-state index in [1.54, 1.807) is 7.11 Å². The quantitative estimate of drug-likeness (QED) is 0.542. The molecule has 4 heteroatoms. The minimum absolute atomic E-state index is 0.122. The van der Waals surface area contributed by atoms with Gasteiger partial charge in [-0.05, 0) is 18.8 Å². The summed E-state index contributed by atoms with van der Waals surface area (Å²) in [6.07, 6.45) is 8.16. The molecule has 0 aliphatic rings. The second kappa shape index (κ2) is 27.2. The van der Waals surface area contributed by atoms with E-state index in [1.165, 1.54) is 25.7 Å². The summed E-state index contributed by atoms with van der Waals surface area (Å²) in [5.41, 5.74) is 0. The fraction of sp³-hybridized carbons (Fsp3) is 1.00. The maximum Gasteiger partial charge on any atom is 0.0693 e. The van der Waals surface area contributed by atoms with Crippen molar-refractivity contribution >= 4 is 0 Å². The summed E-state index contributed by atoms with van der Waals surface area (Å²) in [5, 5.41) is 24.9. The molecule has 0 aliphatic heterocycles. The lowest BCUT2D eigenvalue weighted by molar-refractivity contribution is 0.135. The van der Waals surface area contributed by atoms with Gasteiger partial charge >= 0.3 is 0 Å². The van der Waals surface area contributed by atoms with E-state index in [9.17, 15) is 0 Å². The highest BCUT2D eigenvalue weighted by Crippen LogP contribution is 2.10. The standard InChI is InChI=1S/C8H18O.C5H12O.C3H8O2/c1-3-5-6-8(4-2)7-9;1-2-3-4-5-6;1-5-3-2-4/h8-9H,3-7H2,1-2H3;6H,2-5H2,1H3;4H,2-3H2,1H3. The van der Waals surface area contributed by atoms with Crippen molar-refractivity contribution in [3.05, 3.63) is 0 Å². The first kappa shape index (κ1) is 24.8. The molecule has 20 heavy (non-hydrogen) atoms. The first-order valence-corrected chi connectivity index (χ1v) is 7.99. The van der Waals surface area contributed by atoms with Gasteiger partial charge in [-0.3, -0.25) is 0 Å². The molecule has 0 heterocycles. The minimum atomic E-state index is 0.122.